The van der Waals surface area contributed by atoms with E-state index in [1.165, 1.54) is 6.42 Å². The van der Waals surface area contributed by atoms with Gasteiger partial charge in [-0.25, -0.2) is 4.98 Å². The van der Waals surface area contributed by atoms with Crippen molar-refractivity contribution >= 4 is 11.8 Å². The molecule has 2 saturated heterocycles. The first kappa shape index (κ1) is 17.0. The van der Waals surface area contributed by atoms with E-state index in [4.69, 9.17) is 0 Å². The number of nitrogens with zero attached hydrogens (tertiary/aromatic N) is 4. The number of carbonyl (C=O) groups is 2. The van der Waals surface area contributed by atoms with Crippen LogP contribution in [0.1, 0.15) is 51.4 Å². The van der Waals surface area contributed by atoms with Crippen molar-refractivity contribution in [3.05, 3.63) is 18.7 Å². The molecule has 2 fully saturated rings. The van der Waals surface area contributed by atoms with Crippen LogP contribution in [0, 0.1) is 0 Å². The average Bonchev–Trinajstić information content (AvgIpc) is 3.04. The van der Waals surface area contributed by atoms with Crippen LogP contribution in [0.4, 0.5) is 0 Å². The lowest BCUT2D eigenvalue weighted by Crippen LogP contribution is -2.49. The van der Waals surface area contributed by atoms with Gasteiger partial charge in [-0.15, -0.1) is 0 Å². The molecule has 3 heterocycles. The van der Waals surface area contributed by atoms with Crippen LogP contribution < -0.4 is 0 Å². The molecule has 2 amide bonds. The number of aromatic nitrogens is 2. The SMILES string of the molecule is O=C1CCCCCN1CC(=O)N1CCCCC1CCn1ccnc1. The maximum Gasteiger partial charge on any atom is 0.242 e. The number of imidazole rings is 1. The van der Waals surface area contributed by atoms with Gasteiger partial charge in [0.15, 0.2) is 0 Å². The first-order valence-electron chi connectivity index (χ1n) is 9.27. The molecule has 0 N–H and O–H groups in total. The van der Waals surface area contributed by atoms with Crippen LogP contribution in [0.3, 0.4) is 0 Å². The number of hydrogen-bond acceptors (Lipinski definition) is 3. The maximum absolute atomic E-state index is 12.8. The number of rotatable bonds is 5. The summed E-state index contributed by atoms with van der Waals surface area (Å²) in [6, 6.07) is 0.288. The van der Waals surface area contributed by atoms with Crippen LogP contribution in [0.25, 0.3) is 0 Å². The Morgan fingerprint density at radius 2 is 2.04 bits per heavy atom. The first-order chi connectivity index (χ1) is 11.7. The lowest BCUT2D eigenvalue weighted by molar-refractivity contribution is -0.142. The van der Waals surface area contributed by atoms with Gasteiger partial charge in [0, 0.05) is 44.5 Å². The van der Waals surface area contributed by atoms with Crippen LogP contribution in [0.5, 0.6) is 0 Å². The van der Waals surface area contributed by atoms with Crippen molar-refractivity contribution in [2.45, 2.75) is 64.0 Å². The van der Waals surface area contributed by atoms with Gasteiger partial charge in [0.05, 0.1) is 12.9 Å². The van der Waals surface area contributed by atoms with Gasteiger partial charge in [-0.3, -0.25) is 9.59 Å². The summed E-state index contributed by atoms with van der Waals surface area (Å²) in [7, 11) is 0. The number of aryl methyl sites for hydroxylation is 1. The van der Waals surface area contributed by atoms with Crippen molar-refractivity contribution in [3.63, 3.8) is 0 Å². The Labute approximate surface area is 143 Å². The van der Waals surface area contributed by atoms with Gasteiger partial charge >= 0.3 is 0 Å². The quantitative estimate of drug-likeness (QED) is 0.829. The monoisotopic (exact) mass is 332 g/mol. The lowest BCUT2D eigenvalue weighted by Gasteiger charge is -2.37. The van der Waals surface area contributed by atoms with E-state index in [2.05, 4.69) is 9.55 Å². The Morgan fingerprint density at radius 1 is 1.17 bits per heavy atom. The van der Waals surface area contributed by atoms with Gasteiger partial charge in [-0.1, -0.05) is 6.42 Å². The molecule has 6 heteroatoms. The molecule has 0 saturated carbocycles. The van der Waals surface area contributed by atoms with Crippen LogP contribution >= 0.6 is 0 Å². The maximum atomic E-state index is 12.8. The molecule has 0 radical (unpaired) electrons. The third-order valence-electron chi connectivity index (χ3n) is 5.22. The third-order valence-corrected chi connectivity index (χ3v) is 5.22. The summed E-state index contributed by atoms with van der Waals surface area (Å²) in [4.78, 5) is 32.8. The minimum Gasteiger partial charge on any atom is -0.338 e. The number of hydrogen-bond donors (Lipinski definition) is 0. The van der Waals surface area contributed by atoms with Crippen molar-refractivity contribution in [3.8, 4) is 0 Å². The van der Waals surface area contributed by atoms with E-state index in [-0.39, 0.29) is 24.4 Å². The molecule has 0 spiro atoms. The van der Waals surface area contributed by atoms with Crippen LogP contribution in [0.2, 0.25) is 0 Å². The molecule has 3 rings (SSSR count). The predicted molar refractivity (Wildman–Crippen MR) is 91.2 cm³/mol. The average molecular weight is 332 g/mol. The second-order valence-electron chi connectivity index (χ2n) is 6.95. The predicted octanol–water partition coefficient (Wildman–Crippen LogP) is 2.06. The topological polar surface area (TPSA) is 58.4 Å². The molecule has 0 aromatic carbocycles. The van der Waals surface area contributed by atoms with Crippen LogP contribution in [-0.2, 0) is 16.1 Å². The number of piperidine rings is 1. The number of carbonyl (C=O) groups excluding carboxylic acids is 2. The second kappa shape index (κ2) is 8.31. The summed E-state index contributed by atoms with van der Waals surface area (Å²) in [5.74, 6) is 0.272. The van der Waals surface area contributed by atoms with E-state index in [0.29, 0.717) is 6.42 Å². The van der Waals surface area contributed by atoms with E-state index in [1.807, 2.05) is 17.4 Å². The van der Waals surface area contributed by atoms with Crippen molar-refractivity contribution in [1.82, 2.24) is 19.4 Å². The van der Waals surface area contributed by atoms with Crippen molar-refractivity contribution in [1.29, 1.82) is 0 Å². The molecule has 1 aromatic rings. The van der Waals surface area contributed by atoms with Gasteiger partial charge < -0.3 is 14.4 Å². The highest BCUT2D eigenvalue weighted by Crippen LogP contribution is 2.21. The molecule has 2 aliphatic heterocycles. The fraction of sp³-hybridized carbons (Fsp3) is 0.722. The molecule has 6 nitrogen and oxygen atoms in total. The van der Waals surface area contributed by atoms with Gasteiger partial charge in [-0.05, 0) is 38.5 Å². The summed E-state index contributed by atoms with van der Waals surface area (Å²) in [6.07, 6.45) is 13.5. The summed E-state index contributed by atoms with van der Waals surface area (Å²) < 4.78 is 2.07. The molecule has 1 unspecified atom stereocenters. The molecule has 1 atom stereocenters. The Morgan fingerprint density at radius 3 is 2.88 bits per heavy atom. The zero-order valence-electron chi connectivity index (χ0n) is 14.4. The molecule has 24 heavy (non-hydrogen) atoms. The van der Waals surface area contributed by atoms with Gasteiger partial charge in [0.2, 0.25) is 11.8 Å². The van der Waals surface area contributed by atoms with Gasteiger partial charge in [0.1, 0.15) is 0 Å². The largest absolute Gasteiger partial charge is 0.338 e. The summed E-state index contributed by atoms with van der Waals surface area (Å²) >= 11 is 0. The molecular weight excluding hydrogens is 304 g/mol. The summed E-state index contributed by atoms with van der Waals surface area (Å²) in [6.45, 7) is 2.71. The minimum atomic E-state index is 0.126. The van der Waals surface area contributed by atoms with E-state index < -0.39 is 0 Å². The number of likely N-dealkylation sites (tertiary alicyclic amines) is 2. The Bertz CT molecular complexity index is 543. The highest BCUT2D eigenvalue weighted by molar-refractivity contribution is 5.85. The van der Waals surface area contributed by atoms with Gasteiger partial charge in [0.25, 0.3) is 0 Å². The van der Waals surface area contributed by atoms with Crippen LogP contribution in [-0.4, -0.2) is 56.8 Å². The molecule has 2 aliphatic rings. The molecule has 132 valence electrons. The molecule has 0 aliphatic carbocycles. The Kier molecular flexibility index (Phi) is 5.88. The van der Waals surface area contributed by atoms with Gasteiger partial charge in [-0.2, -0.15) is 0 Å². The molecular formula is C18H28N4O2. The Hall–Kier alpha value is -1.85. The highest BCUT2D eigenvalue weighted by atomic mass is 16.2. The van der Waals surface area contributed by atoms with Crippen molar-refractivity contribution < 1.29 is 9.59 Å². The van der Waals surface area contributed by atoms with Crippen molar-refractivity contribution in [2.75, 3.05) is 19.6 Å². The highest BCUT2D eigenvalue weighted by Gasteiger charge is 2.29. The zero-order valence-corrected chi connectivity index (χ0v) is 14.4. The summed E-state index contributed by atoms with van der Waals surface area (Å²) in [5.41, 5.74) is 0. The van der Waals surface area contributed by atoms with E-state index in [0.717, 1.165) is 58.2 Å². The standard InChI is InChI=1S/C18H28N4O2/c23-17-7-2-1-4-10-21(17)14-18(24)22-11-5-3-6-16(22)8-12-20-13-9-19-15-20/h9,13,15-16H,1-8,10-12,14H2. The van der Waals surface area contributed by atoms with Crippen LogP contribution in [0.15, 0.2) is 18.7 Å². The fourth-order valence-electron chi connectivity index (χ4n) is 3.81. The van der Waals surface area contributed by atoms with E-state index in [9.17, 15) is 9.59 Å². The summed E-state index contributed by atoms with van der Waals surface area (Å²) in [5, 5.41) is 0. The zero-order chi connectivity index (χ0) is 16.8. The third kappa shape index (κ3) is 4.36. The Balaban J connectivity index is 1.57. The normalized spacial score (nSPS) is 22.5. The van der Waals surface area contributed by atoms with Crippen molar-refractivity contribution in [2.24, 2.45) is 0 Å². The minimum absolute atomic E-state index is 0.126. The molecule has 1 aromatic heterocycles. The smallest absolute Gasteiger partial charge is 0.242 e. The number of amides is 2. The lowest BCUT2D eigenvalue weighted by atomic mass is 9.99. The van der Waals surface area contributed by atoms with E-state index in [1.54, 1.807) is 11.1 Å². The molecule has 0 bridgehead atoms. The second-order valence-corrected chi connectivity index (χ2v) is 6.95. The first-order valence-corrected chi connectivity index (χ1v) is 9.27. The fourth-order valence-corrected chi connectivity index (χ4v) is 3.81. The van der Waals surface area contributed by atoms with E-state index >= 15 is 0 Å².